The molecular weight excluding hydrogens is 272 g/mol. The topological polar surface area (TPSA) is 61.8 Å². The summed E-state index contributed by atoms with van der Waals surface area (Å²) in [5, 5.41) is 0. The van der Waals surface area contributed by atoms with Crippen LogP contribution < -0.4 is 9.47 Å². The molecule has 0 heterocycles. The van der Waals surface area contributed by atoms with Crippen LogP contribution in [0.1, 0.15) is 26.3 Å². The maximum atomic E-state index is 11.9. The number of esters is 1. The molecule has 0 saturated carbocycles. The number of methoxy groups -OCH3 is 2. The predicted molar refractivity (Wildman–Crippen MR) is 79.4 cm³/mol. The minimum absolute atomic E-state index is 0.0211. The standard InChI is InChI=1S/C16H20O5/c1-10(2)21-16(18)14(11(3)17)8-12-6-7-13(19-4)9-15(12)20-5/h6-10H,1-5H3/b14-8+. The number of rotatable bonds is 6. The van der Waals surface area contributed by atoms with Gasteiger partial charge in [-0.2, -0.15) is 0 Å². The van der Waals surface area contributed by atoms with E-state index in [2.05, 4.69) is 0 Å². The van der Waals surface area contributed by atoms with E-state index >= 15 is 0 Å². The molecule has 5 nitrogen and oxygen atoms in total. The number of hydrogen-bond acceptors (Lipinski definition) is 5. The highest BCUT2D eigenvalue weighted by Gasteiger charge is 2.18. The Morgan fingerprint density at radius 2 is 1.81 bits per heavy atom. The summed E-state index contributed by atoms with van der Waals surface area (Å²) in [6, 6.07) is 5.11. The molecule has 0 radical (unpaired) electrons. The first-order valence-corrected chi connectivity index (χ1v) is 6.54. The Bertz CT molecular complexity index is 558. The lowest BCUT2D eigenvalue weighted by Gasteiger charge is -2.11. The molecule has 0 saturated heterocycles. The normalized spacial score (nSPS) is 11.2. The van der Waals surface area contributed by atoms with E-state index in [1.165, 1.54) is 20.1 Å². The van der Waals surface area contributed by atoms with Crippen LogP contribution in [0.5, 0.6) is 11.5 Å². The van der Waals surface area contributed by atoms with Crippen molar-refractivity contribution in [1.82, 2.24) is 0 Å². The number of hydrogen-bond donors (Lipinski definition) is 0. The van der Waals surface area contributed by atoms with Gasteiger partial charge in [0, 0.05) is 11.6 Å². The largest absolute Gasteiger partial charge is 0.497 e. The molecule has 0 fully saturated rings. The number of benzene rings is 1. The third kappa shape index (κ3) is 4.63. The fourth-order valence-electron chi connectivity index (χ4n) is 1.68. The highest BCUT2D eigenvalue weighted by molar-refractivity contribution is 6.20. The molecule has 1 rings (SSSR count). The van der Waals surface area contributed by atoms with Crippen LogP contribution in [-0.4, -0.2) is 32.1 Å². The third-order valence-corrected chi connectivity index (χ3v) is 2.68. The zero-order valence-corrected chi connectivity index (χ0v) is 12.9. The summed E-state index contributed by atoms with van der Waals surface area (Å²) >= 11 is 0. The number of carbonyl (C=O) groups excluding carboxylic acids is 2. The van der Waals surface area contributed by atoms with Gasteiger partial charge < -0.3 is 14.2 Å². The van der Waals surface area contributed by atoms with Crippen molar-refractivity contribution in [2.75, 3.05) is 14.2 Å². The first-order valence-electron chi connectivity index (χ1n) is 6.54. The fourth-order valence-corrected chi connectivity index (χ4v) is 1.68. The van der Waals surface area contributed by atoms with Gasteiger partial charge in [0.25, 0.3) is 0 Å². The number of ether oxygens (including phenoxy) is 3. The molecule has 1 aromatic rings. The van der Waals surface area contributed by atoms with E-state index in [1.807, 2.05) is 0 Å². The van der Waals surface area contributed by atoms with Crippen molar-refractivity contribution in [3.63, 3.8) is 0 Å². The second-order valence-corrected chi connectivity index (χ2v) is 4.68. The minimum Gasteiger partial charge on any atom is -0.497 e. The Morgan fingerprint density at radius 3 is 2.29 bits per heavy atom. The Balaban J connectivity index is 3.22. The molecule has 0 aliphatic rings. The van der Waals surface area contributed by atoms with E-state index in [0.717, 1.165) is 0 Å². The second-order valence-electron chi connectivity index (χ2n) is 4.68. The SMILES string of the molecule is COc1ccc(/C=C(\C(C)=O)C(=O)OC(C)C)c(OC)c1. The first-order chi connectivity index (χ1) is 9.88. The van der Waals surface area contributed by atoms with Gasteiger partial charge in [0.2, 0.25) is 0 Å². The summed E-state index contributed by atoms with van der Waals surface area (Å²) in [5.41, 5.74) is 0.580. The minimum atomic E-state index is -0.643. The van der Waals surface area contributed by atoms with Gasteiger partial charge in [-0.05, 0) is 39.0 Å². The molecular formula is C16H20O5. The summed E-state index contributed by atoms with van der Waals surface area (Å²) in [6.45, 7) is 4.77. The van der Waals surface area contributed by atoms with Gasteiger partial charge in [0.15, 0.2) is 5.78 Å². The van der Waals surface area contributed by atoms with Crippen molar-refractivity contribution in [1.29, 1.82) is 0 Å². The quantitative estimate of drug-likeness (QED) is 0.349. The molecule has 0 aromatic heterocycles. The van der Waals surface area contributed by atoms with Crippen LogP contribution in [0.25, 0.3) is 6.08 Å². The zero-order valence-electron chi connectivity index (χ0n) is 12.9. The van der Waals surface area contributed by atoms with Crippen molar-refractivity contribution in [2.24, 2.45) is 0 Å². The van der Waals surface area contributed by atoms with Gasteiger partial charge in [-0.15, -0.1) is 0 Å². The van der Waals surface area contributed by atoms with E-state index in [1.54, 1.807) is 39.2 Å². The van der Waals surface area contributed by atoms with Gasteiger partial charge in [-0.1, -0.05) is 0 Å². The lowest BCUT2D eigenvalue weighted by atomic mass is 10.1. The third-order valence-electron chi connectivity index (χ3n) is 2.68. The van der Waals surface area contributed by atoms with Gasteiger partial charge in [0.05, 0.1) is 20.3 Å². The van der Waals surface area contributed by atoms with E-state index in [-0.39, 0.29) is 17.5 Å². The molecule has 1 aromatic carbocycles. The Labute approximate surface area is 124 Å². The summed E-state index contributed by atoms with van der Waals surface area (Å²) < 4.78 is 15.4. The van der Waals surface area contributed by atoms with Gasteiger partial charge in [-0.3, -0.25) is 4.79 Å². The Kier molecular flexibility index (Phi) is 5.96. The lowest BCUT2D eigenvalue weighted by Crippen LogP contribution is -2.17. The molecule has 0 amide bonds. The molecule has 0 atom stereocenters. The van der Waals surface area contributed by atoms with Crippen LogP contribution in [0.2, 0.25) is 0 Å². The zero-order chi connectivity index (χ0) is 16.0. The summed E-state index contributed by atoms with van der Waals surface area (Å²) in [4.78, 5) is 23.6. The molecule has 0 spiro atoms. The smallest absolute Gasteiger partial charge is 0.342 e. The van der Waals surface area contributed by atoms with Crippen LogP contribution in [0.15, 0.2) is 23.8 Å². The number of ketones is 1. The molecule has 5 heteroatoms. The van der Waals surface area contributed by atoms with Crippen molar-refractivity contribution in [3.8, 4) is 11.5 Å². The van der Waals surface area contributed by atoms with Crippen molar-refractivity contribution >= 4 is 17.8 Å². The van der Waals surface area contributed by atoms with Crippen LogP contribution in [0.3, 0.4) is 0 Å². The number of Topliss-reactive ketones (excluding diaryl/α,β-unsaturated/α-hetero) is 1. The molecule has 114 valence electrons. The average molecular weight is 292 g/mol. The number of carbonyl (C=O) groups is 2. The van der Waals surface area contributed by atoms with Gasteiger partial charge in [0.1, 0.15) is 17.1 Å². The second kappa shape index (κ2) is 7.47. The summed E-state index contributed by atoms with van der Waals surface area (Å²) in [5.74, 6) is 0.123. The molecule has 0 N–H and O–H groups in total. The fraction of sp³-hybridized carbons (Fsp3) is 0.375. The Hall–Kier alpha value is -2.30. The van der Waals surface area contributed by atoms with E-state index in [4.69, 9.17) is 14.2 Å². The molecule has 0 unspecified atom stereocenters. The van der Waals surface area contributed by atoms with Crippen LogP contribution in [0, 0.1) is 0 Å². The molecule has 0 bridgehead atoms. The maximum Gasteiger partial charge on any atom is 0.342 e. The average Bonchev–Trinajstić information content (AvgIpc) is 2.43. The van der Waals surface area contributed by atoms with Crippen LogP contribution in [-0.2, 0) is 14.3 Å². The maximum absolute atomic E-state index is 11.9. The van der Waals surface area contributed by atoms with Crippen LogP contribution >= 0.6 is 0 Å². The predicted octanol–water partition coefficient (Wildman–Crippen LogP) is 2.63. The van der Waals surface area contributed by atoms with Crippen LogP contribution in [0.4, 0.5) is 0 Å². The monoisotopic (exact) mass is 292 g/mol. The van der Waals surface area contributed by atoms with E-state index < -0.39 is 5.97 Å². The van der Waals surface area contributed by atoms with Crippen molar-refractivity contribution < 1.29 is 23.8 Å². The summed E-state index contributed by atoms with van der Waals surface area (Å²) in [6.07, 6.45) is 1.17. The highest BCUT2D eigenvalue weighted by atomic mass is 16.5. The Morgan fingerprint density at radius 1 is 1.14 bits per heavy atom. The highest BCUT2D eigenvalue weighted by Crippen LogP contribution is 2.27. The lowest BCUT2D eigenvalue weighted by molar-refractivity contribution is -0.143. The van der Waals surface area contributed by atoms with Gasteiger partial charge in [-0.25, -0.2) is 4.79 Å². The van der Waals surface area contributed by atoms with Crippen molar-refractivity contribution in [2.45, 2.75) is 26.9 Å². The van der Waals surface area contributed by atoms with Gasteiger partial charge >= 0.3 is 5.97 Å². The van der Waals surface area contributed by atoms with E-state index in [0.29, 0.717) is 17.1 Å². The van der Waals surface area contributed by atoms with Crippen molar-refractivity contribution in [3.05, 3.63) is 29.3 Å². The molecule has 21 heavy (non-hydrogen) atoms. The molecule has 0 aliphatic carbocycles. The van der Waals surface area contributed by atoms with E-state index in [9.17, 15) is 9.59 Å². The first kappa shape index (κ1) is 16.8. The summed E-state index contributed by atoms with van der Waals surface area (Å²) in [7, 11) is 3.05. The molecule has 0 aliphatic heterocycles.